The first-order chi connectivity index (χ1) is 15.6. The van der Waals surface area contributed by atoms with Gasteiger partial charge in [-0.15, -0.1) is 23.2 Å². The maximum atomic E-state index is 12.6. The SMILES string of the molecule is CC1(C)[C@H](/C=C\C(=O)OCC(Cl)Cl)[C@@]1(C(=O)O)[C@@H](C#N)c1cccc(Oc2ccccc2)c1. The van der Waals surface area contributed by atoms with E-state index >= 15 is 0 Å². The summed E-state index contributed by atoms with van der Waals surface area (Å²) in [6, 6.07) is 18.2. The fourth-order valence-corrected chi connectivity index (χ4v) is 4.63. The van der Waals surface area contributed by atoms with E-state index in [1.165, 1.54) is 6.08 Å². The van der Waals surface area contributed by atoms with Gasteiger partial charge in [0.25, 0.3) is 0 Å². The fraction of sp³-hybridized carbons (Fsp3) is 0.320. The van der Waals surface area contributed by atoms with E-state index in [9.17, 15) is 20.0 Å². The zero-order chi connectivity index (χ0) is 24.2. The van der Waals surface area contributed by atoms with E-state index in [4.69, 9.17) is 32.7 Å². The molecule has 0 heterocycles. The first-order valence-corrected chi connectivity index (χ1v) is 11.1. The van der Waals surface area contributed by atoms with Gasteiger partial charge in [-0.05, 0) is 35.2 Å². The highest BCUT2D eigenvalue weighted by Crippen LogP contribution is 2.75. The third-order valence-electron chi connectivity index (χ3n) is 6.14. The van der Waals surface area contributed by atoms with E-state index in [2.05, 4.69) is 6.07 Å². The van der Waals surface area contributed by atoms with Crippen LogP contribution in [0.15, 0.2) is 66.7 Å². The van der Waals surface area contributed by atoms with Crippen molar-refractivity contribution in [1.82, 2.24) is 0 Å². The predicted molar refractivity (Wildman–Crippen MR) is 124 cm³/mol. The van der Waals surface area contributed by atoms with Crippen LogP contribution in [0.5, 0.6) is 11.5 Å². The van der Waals surface area contributed by atoms with Crippen molar-refractivity contribution in [2.45, 2.75) is 24.6 Å². The maximum Gasteiger partial charge on any atom is 0.330 e. The average molecular weight is 488 g/mol. The van der Waals surface area contributed by atoms with E-state index in [1.54, 1.807) is 50.2 Å². The largest absolute Gasteiger partial charge is 0.481 e. The second-order valence-electron chi connectivity index (χ2n) is 8.30. The molecule has 0 radical (unpaired) electrons. The van der Waals surface area contributed by atoms with Gasteiger partial charge in [-0.3, -0.25) is 4.79 Å². The van der Waals surface area contributed by atoms with Gasteiger partial charge in [0.1, 0.15) is 28.4 Å². The molecule has 0 aromatic heterocycles. The third-order valence-corrected chi connectivity index (χ3v) is 6.39. The number of carboxylic acids is 1. The molecule has 1 aliphatic carbocycles. The molecule has 0 aliphatic heterocycles. The Labute approximate surface area is 202 Å². The highest BCUT2D eigenvalue weighted by Gasteiger charge is 2.78. The second kappa shape index (κ2) is 9.86. The van der Waals surface area contributed by atoms with E-state index in [-0.39, 0.29) is 6.61 Å². The smallest absolute Gasteiger partial charge is 0.330 e. The Morgan fingerprint density at radius 3 is 2.42 bits per heavy atom. The number of rotatable bonds is 9. The van der Waals surface area contributed by atoms with Gasteiger partial charge in [0.15, 0.2) is 0 Å². The number of para-hydroxylation sites is 1. The van der Waals surface area contributed by atoms with Crippen LogP contribution in [0.25, 0.3) is 0 Å². The molecule has 1 saturated carbocycles. The summed E-state index contributed by atoms with van der Waals surface area (Å²) in [5.74, 6) is -2.25. The summed E-state index contributed by atoms with van der Waals surface area (Å²) in [4.78, 5) is 23.6. The molecule has 1 aliphatic rings. The van der Waals surface area contributed by atoms with Gasteiger partial charge < -0.3 is 14.6 Å². The molecule has 0 saturated heterocycles. The normalized spacial score (nSPS) is 21.9. The molecule has 33 heavy (non-hydrogen) atoms. The van der Waals surface area contributed by atoms with E-state index in [0.717, 1.165) is 6.08 Å². The van der Waals surface area contributed by atoms with Gasteiger partial charge in [0, 0.05) is 12.0 Å². The van der Waals surface area contributed by atoms with Gasteiger partial charge in [-0.25, -0.2) is 4.79 Å². The topological polar surface area (TPSA) is 96.6 Å². The zero-order valence-electron chi connectivity index (χ0n) is 18.1. The molecule has 172 valence electrons. The lowest BCUT2D eigenvalue weighted by Gasteiger charge is -2.22. The van der Waals surface area contributed by atoms with Crippen LogP contribution in [0.2, 0.25) is 0 Å². The molecule has 1 fully saturated rings. The Bertz CT molecular complexity index is 1090. The number of benzene rings is 2. The molecule has 2 aromatic carbocycles. The van der Waals surface area contributed by atoms with Crippen molar-refractivity contribution in [3.8, 4) is 17.6 Å². The van der Waals surface area contributed by atoms with Crippen LogP contribution in [0.1, 0.15) is 25.3 Å². The first-order valence-electron chi connectivity index (χ1n) is 10.2. The van der Waals surface area contributed by atoms with Gasteiger partial charge in [0.05, 0.1) is 12.0 Å². The van der Waals surface area contributed by atoms with Crippen molar-refractivity contribution in [3.63, 3.8) is 0 Å². The summed E-state index contributed by atoms with van der Waals surface area (Å²) in [5.41, 5.74) is -1.72. The number of nitriles is 1. The Morgan fingerprint density at radius 2 is 1.82 bits per heavy atom. The van der Waals surface area contributed by atoms with Crippen LogP contribution in [-0.4, -0.2) is 28.5 Å². The number of carbonyl (C=O) groups is 2. The van der Waals surface area contributed by atoms with Crippen molar-refractivity contribution in [1.29, 1.82) is 5.26 Å². The monoisotopic (exact) mass is 487 g/mol. The molecular formula is C25H23Cl2NO5. The number of hydrogen-bond donors (Lipinski definition) is 1. The summed E-state index contributed by atoms with van der Waals surface area (Å²) < 4.78 is 10.8. The molecule has 0 spiro atoms. The molecule has 3 rings (SSSR count). The summed E-state index contributed by atoms with van der Waals surface area (Å²) in [6.45, 7) is 3.35. The molecule has 2 aromatic rings. The standard InChI is InChI=1S/C25H23Cl2NO5/c1-24(2)20(11-12-22(29)32-15-21(26)27)25(24,23(30)31)19(14-28)16-7-6-10-18(13-16)33-17-8-4-3-5-9-17/h3-13,19-21H,15H2,1-2H3,(H,30,31)/b12-11-/t19-,20-,25+/m0/s1. The summed E-state index contributed by atoms with van der Waals surface area (Å²) in [6.07, 6.45) is 2.65. The molecule has 1 N–H and O–H groups in total. The number of ether oxygens (including phenoxy) is 2. The third kappa shape index (κ3) is 4.85. The minimum absolute atomic E-state index is 0.181. The van der Waals surface area contributed by atoms with Gasteiger partial charge in [-0.2, -0.15) is 5.26 Å². The van der Waals surface area contributed by atoms with Gasteiger partial charge in [0.2, 0.25) is 0 Å². The number of esters is 1. The van der Waals surface area contributed by atoms with Crippen LogP contribution in [0, 0.1) is 28.1 Å². The number of carbonyl (C=O) groups excluding carboxylic acids is 1. The number of alkyl halides is 2. The maximum absolute atomic E-state index is 12.6. The highest BCUT2D eigenvalue weighted by molar-refractivity contribution is 6.44. The molecule has 8 heteroatoms. The first kappa shape index (κ1) is 24.6. The van der Waals surface area contributed by atoms with Crippen LogP contribution in [0.4, 0.5) is 0 Å². The molecule has 0 bridgehead atoms. The number of nitrogens with zero attached hydrogens (tertiary/aromatic N) is 1. The van der Waals surface area contributed by atoms with Crippen LogP contribution in [-0.2, 0) is 14.3 Å². The van der Waals surface area contributed by atoms with E-state index in [0.29, 0.717) is 17.1 Å². The molecule has 6 nitrogen and oxygen atoms in total. The molecule has 3 atom stereocenters. The summed E-state index contributed by atoms with van der Waals surface area (Å²) >= 11 is 11.1. The number of hydrogen-bond acceptors (Lipinski definition) is 5. The number of halogens is 2. The molecule has 0 unspecified atom stereocenters. The predicted octanol–water partition coefficient (Wildman–Crippen LogP) is 5.72. The molecular weight excluding hydrogens is 465 g/mol. The van der Waals surface area contributed by atoms with Gasteiger partial charge >= 0.3 is 11.9 Å². The Hall–Kier alpha value is -3.01. The van der Waals surface area contributed by atoms with Crippen molar-refractivity contribution in [2.24, 2.45) is 16.7 Å². The fourth-order valence-electron chi connectivity index (χ4n) is 4.50. The summed E-state index contributed by atoms with van der Waals surface area (Å²) in [5, 5.41) is 20.3. The molecule has 0 amide bonds. The Balaban J connectivity index is 1.90. The van der Waals surface area contributed by atoms with E-state index in [1.807, 2.05) is 18.2 Å². The lowest BCUT2D eigenvalue weighted by molar-refractivity contribution is -0.145. The van der Waals surface area contributed by atoms with Crippen molar-refractivity contribution >= 4 is 35.1 Å². The van der Waals surface area contributed by atoms with Crippen LogP contribution in [0.3, 0.4) is 0 Å². The van der Waals surface area contributed by atoms with Crippen LogP contribution >= 0.6 is 23.2 Å². The van der Waals surface area contributed by atoms with Crippen molar-refractivity contribution < 1.29 is 24.2 Å². The lowest BCUT2D eigenvalue weighted by Crippen LogP contribution is -2.28. The average Bonchev–Trinajstić information content (AvgIpc) is 3.27. The number of aliphatic carboxylic acids is 1. The zero-order valence-corrected chi connectivity index (χ0v) is 19.6. The van der Waals surface area contributed by atoms with Crippen molar-refractivity contribution in [2.75, 3.05) is 6.61 Å². The highest BCUT2D eigenvalue weighted by atomic mass is 35.5. The Morgan fingerprint density at radius 1 is 1.15 bits per heavy atom. The Kier molecular flexibility index (Phi) is 7.36. The van der Waals surface area contributed by atoms with Gasteiger partial charge in [-0.1, -0.05) is 50.3 Å². The van der Waals surface area contributed by atoms with Crippen molar-refractivity contribution in [3.05, 3.63) is 72.3 Å². The van der Waals surface area contributed by atoms with Crippen LogP contribution < -0.4 is 4.74 Å². The number of carboxylic acid groups (broad SMARTS) is 1. The summed E-state index contributed by atoms with van der Waals surface area (Å²) in [7, 11) is 0. The van der Waals surface area contributed by atoms with E-state index < -0.39 is 39.4 Å². The lowest BCUT2D eigenvalue weighted by atomic mass is 9.78. The minimum atomic E-state index is -1.44. The minimum Gasteiger partial charge on any atom is -0.481 e. The second-order valence-corrected chi connectivity index (χ2v) is 9.58. The quantitative estimate of drug-likeness (QED) is 0.276. The number of allylic oxidation sites excluding steroid dienone is 1.